The van der Waals surface area contributed by atoms with Gasteiger partial charge in [0, 0.05) is 30.9 Å². The zero-order chi connectivity index (χ0) is 33.6. The number of benzene rings is 3. The number of anilines is 2. The van der Waals surface area contributed by atoms with Crippen molar-refractivity contribution in [3.8, 4) is 0 Å². The molecular weight excluding hydrogens is 590 g/mol. The first-order valence-electron chi connectivity index (χ1n) is 14.7. The van der Waals surface area contributed by atoms with Crippen LogP contribution in [0.3, 0.4) is 0 Å². The normalized spacial score (nSPS) is 12.6. The number of carboxylic acid groups (broad SMARTS) is 1. The lowest BCUT2D eigenvalue weighted by Gasteiger charge is -2.25. The number of carboxylic acids is 1. The number of fused-ring (bicyclic) bond motifs is 1. The Hall–Kier alpha value is -5.39. The highest BCUT2D eigenvalue weighted by Gasteiger charge is 2.22. The summed E-state index contributed by atoms with van der Waals surface area (Å²) in [6.45, 7) is 9.63. The Morgan fingerprint density at radius 1 is 1.00 bits per heavy atom. The van der Waals surface area contributed by atoms with Crippen LogP contribution in [-0.2, 0) is 20.8 Å². The van der Waals surface area contributed by atoms with Gasteiger partial charge in [0.05, 0.1) is 23.8 Å². The molecule has 2 amide bonds. The highest BCUT2D eigenvalue weighted by Crippen LogP contribution is 2.25. The van der Waals surface area contributed by atoms with Crippen LogP contribution < -0.4 is 16.2 Å². The van der Waals surface area contributed by atoms with Crippen molar-refractivity contribution in [3.05, 3.63) is 99.6 Å². The fourth-order valence-corrected chi connectivity index (χ4v) is 4.66. The van der Waals surface area contributed by atoms with Crippen molar-refractivity contribution in [3.63, 3.8) is 0 Å². The summed E-state index contributed by atoms with van der Waals surface area (Å²) in [5.74, 6) is -1.26. The Morgan fingerprint density at radius 2 is 1.67 bits per heavy atom. The lowest BCUT2D eigenvalue weighted by Crippen LogP contribution is -2.34. The van der Waals surface area contributed by atoms with Gasteiger partial charge < -0.3 is 29.8 Å². The fraction of sp³-hybridized carbons (Fsp3) is 0.324. The lowest BCUT2D eigenvalue weighted by atomic mass is 9.98. The smallest absolute Gasteiger partial charge is 0.411 e. The summed E-state index contributed by atoms with van der Waals surface area (Å²) in [7, 11) is 1.65. The van der Waals surface area contributed by atoms with Gasteiger partial charge in [-0.15, -0.1) is 0 Å². The molecule has 12 nitrogen and oxygen atoms in total. The molecule has 0 saturated heterocycles. The zero-order valence-electron chi connectivity index (χ0n) is 26.7. The van der Waals surface area contributed by atoms with Crippen LogP contribution in [0.2, 0.25) is 0 Å². The molecule has 12 heteroatoms. The van der Waals surface area contributed by atoms with Crippen molar-refractivity contribution in [2.45, 2.75) is 58.7 Å². The highest BCUT2D eigenvalue weighted by molar-refractivity contribution is 5.85. The number of aliphatic carboxylic acids is 1. The van der Waals surface area contributed by atoms with E-state index in [1.54, 1.807) is 82.4 Å². The van der Waals surface area contributed by atoms with E-state index in [1.165, 1.54) is 11.2 Å². The van der Waals surface area contributed by atoms with Gasteiger partial charge in [0.2, 0.25) is 0 Å². The summed E-state index contributed by atoms with van der Waals surface area (Å²) < 4.78 is 10.9. The van der Waals surface area contributed by atoms with E-state index in [9.17, 15) is 24.3 Å². The van der Waals surface area contributed by atoms with Crippen molar-refractivity contribution in [1.82, 2.24) is 14.9 Å². The number of amides is 2. The Morgan fingerprint density at radius 3 is 2.35 bits per heavy atom. The van der Waals surface area contributed by atoms with Crippen LogP contribution in [0.5, 0.6) is 0 Å². The molecule has 4 rings (SSSR count). The molecule has 0 aliphatic heterocycles. The number of rotatable bonds is 10. The van der Waals surface area contributed by atoms with Gasteiger partial charge in [-0.25, -0.2) is 19.4 Å². The van der Waals surface area contributed by atoms with Crippen molar-refractivity contribution >= 4 is 40.4 Å². The van der Waals surface area contributed by atoms with Crippen LogP contribution in [0.1, 0.15) is 61.9 Å². The maximum Gasteiger partial charge on any atom is 0.411 e. The molecule has 0 spiro atoms. The van der Waals surface area contributed by atoms with Gasteiger partial charge in [0.1, 0.15) is 5.60 Å². The average molecular weight is 630 g/mol. The van der Waals surface area contributed by atoms with Crippen molar-refractivity contribution < 1.29 is 29.0 Å². The molecule has 3 aromatic carbocycles. The quantitative estimate of drug-likeness (QED) is 0.160. The molecule has 0 aliphatic rings. The van der Waals surface area contributed by atoms with E-state index >= 15 is 0 Å². The number of ether oxygens (including phenoxy) is 2. The predicted molar refractivity (Wildman–Crippen MR) is 175 cm³/mol. The third kappa shape index (κ3) is 8.84. The van der Waals surface area contributed by atoms with E-state index in [1.807, 2.05) is 19.9 Å². The van der Waals surface area contributed by atoms with Crippen molar-refractivity contribution in [2.24, 2.45) is 0 Å². The van der Waals surface area contributed by atoms with Crippen molar-refractivity contribution in [1.29, 1.82) is 0 Å². The van der Waals surface area contributed by atoms with Crippen LogP contribution in [0, 0.1) is 6.92 Å². The van der Waals surface area contributed by atoms with Gasteiger partial charge in [-0.2, -0.15) is 0 Å². The number of hydrogen-bond donors (Lipinski definition) is 4. The van der Waals surface area contributed by atoms with E-state index in [-0.39, 0.29) is 18.1 Å². The molecule has 4 N–H and O–H groups in total. The summed E-state index contributed by atoms with van der Waals surface area (Å²) in [5.41, 5.74) is 3.73. The first-order valence-corrected chi connectivity index (χ1v) is 14.7. The van der Waals surface area contributed by atoms with Crippen LogP contribution in [-0.4, -0.2) is 57.4 Å². The first-order chi connectivity index (χ1) is 21.7. The average Bonchev–Trinajstić information content (AvgIpc) is 2.99. The number of H-pyrrole nitrogens is 1. The van der Waals surface area contributed by atoms with Gasteiger partial charge in [0.25, 0.3) is 5.56 Å². The Balaban J connectivity index is 1.34. The fourth-order valence-electron chi connectivity index (χ4n) is 4.66. The lowest BCUT2D eigenvalue weighted by molar-refractivity contribution is -0.138. The van der Waals surface area contributed by atoms with E-state index in [4.69, 9.17) is 9.47 Å². The monoisotopic (exact) mass is 629 g/mol. The van der Waals surface area contributed by atoms with Crippen LogP contribution in [0.15, 0.2) is 71.8 Å². The number of aromatic nitrogens is 2. The maximum atomic E-state index is 12.6. The minimum absolute atomic E-state index is 0.0888. The topological polar surface area (TPSA) is 163 Å². The number of nitrogens with one attached hydrogen (secondary N) is 3. The van der Waals surface area contributed by atoms with Gasteiger partial charge in [0.15, 0.2) is 6.04 Å². The molecule has 1 aromatic heterocycles. The van der Waals surface area contributed by atoms with E-state index in [0.717, 1.165) is 16.7 Å². The third-order valence-corrected chi connectivity index (χ3v) is 7.21. The van der Waals surface area contributed by atoms with Gasteiger partial charge >= 0.3 is 18.2 Å². The predicted octanol–water partition coefficient (Wildman–Crippen LogP) is 6.19. The van der Waals surface area contributed by atoms with Crippen LogP contribution in [0.4, 0.5) is 21.0 Å². The number of aromatic amines is 1. The first kappa shape index (κ1) is 33.5. The maximum absolute atomic E-state index is 12.6. The molecule has 46 heavy (non-hydrogen) atoms. The molecule has 0 aliphatic carbocycles. The minimum Gasteiger partial charge on any atom is -0.479 e. The summed E-state index contributed by atoms with van der Waals surface area (Å²) in [6.07, 6.45) is 0.245. The van der Waals surface area contributed by atoms with E-state index in [0.29, 0.717) is 34.4 Å². The summed E-state index contributed by atoms with van der Waals surface area (Å²) in [5, 5.41) is 16.0. The molecule has 2 atom stereocenters. The molecule has 1 heterocycles. The Labute approximate surface area is 266 Å². The summed E-state index contributed by atoms with van der Waals surface area (Å²) >= 11 is 0. The van der Waals surface area contributed by atoms with E-state index in [2.05, 4.69) is 20.6 Å². The molecule has 0 radical (unpaired) electrons. The second kappa shape index (κ2) is 14.1. The standard InChI is InChI=1S/C34H39N5O7/c1-20-7-12-25(15-24(20)17-39(6)33(44)46-34(3,4)5)38-32(43)45-18-21(2)22-8-10-23(11-9-22)29(31(41)42)37-26-13-14-28-27(16-26)30(40)36-19-35-28/h7-16,19,21,29,37H,17-18H2,1-6H3,(H,38,43)(H,41,42)(H,35,36,40)/t21-,29?/m0/s1. The molecule has 1 unspecified atom stereocenters. The second-order valence-corrected chi connectivity index (χ2v) is 12.1. The summed E-state index contributed by atoms with van der Waals surface area (Å²) in [4.78, 5) is 57.3. The van der Waals surface area contributed by atoms with Gasteiger partial charge in [-0.1, -0.05) is 37.3 Å². The Bertz CT molecular complexity index is 1780. The number of carbonyl (C=O) groups excluding carboxylic acids is 2. The second-order valence-electron chi connectivity index (χ2n) is 12.1. The third-order valence-electron chi connectivity index (χ3n) is 7.21. The number of hydrogen-bond acceptors (Lipinski definition) is 8. The molecule has 242 valence electrons. The van der Waals surface area contributed by atoms with Crippen molar-refractivity contribution in [2.75, 3.05) is 24.3 Å². The minimum atomic E-state index is -1.09. The molecule has 0 saturated carbocycles. The number of carbonyl (C=O) groups is 3. The number of aryl methyl sites for hydroxylation is 1. The highest BCUT2D eigenvalue weighted by atomic mass is 16.6. The molecule has 0 bridgehead atoms. The number of nitrogens with zero attached hydrogens (tertiary/aromatic N) is 2. The van der Waals surface area contributed by atoms with Crippen LogP contribution >= 0.6 is 0 Å². The molecule has 0 fully saturated rings. The molecular formula is C34H39N5O7. The van der Waals surface area contributed by atoms with E-state index < -0.39 is 29.8 Å². The Kier molecular flexibility index (Phi) is 10.3. The van der Waals surface area contributed by atoms with Gasteiger partial charge in [-0.3, -0.25) is 10.1 Å². The zero-order valence-corrected chi connectivity index (χ0v) is 26.7. The SMILES string of the molecule is Cc1ccc(NC(=O)OC[C@H](C)c2ccc(C(Nc3ccc4nc[nH]c(=O)c4c3)C(=O)O)cc2)cc1CN(C)C(=O)OC(C)(C)C. The van der Waals surface area contributed by atoms with Gasteiger partial charge in [-0.05, 0) is 80.3 Å². The largest absolute Gasteiger partial charge is 0.479 e. The summed E-state index contributed by atoms with van der Waals surface area (Å²) in [6, 6.07) is 16.2. The molecule has 4 aromatic rings. The van der Waals surface area contributed by atoms with Crippen LogP contribution in [0.25, 0.3) is 10.9 Å².